The molecule has 29 heavy (non-hydrogen) atoms. The number of nitrogen functional groups attached to an aromatic ring is 1. The lowest BCUT2D eigenvalue weighted by Gasteiger charge is -2.18. The summed E-state index contributed by atoms with van der Waals surface area (Å²) in [4.78, 5) is 12.3. The molecule has 0 aliphatic heterocycles. The molecule has 0 saturated carbocycles. The van der Waals surface area contributed by atoms with E-state index in [-0.39, 0.29) is 17.6 Å². The van der Waals surface area contributed by atoms with Crippen LogP contribution in [0, 0.1) is 0 Å². The number of nitrogens with one attached hydrogen (secondary N) is 1. The molecule has 0 saturated heterocycles. The number of anilines is 1. The minimum atomic E-state index is -0.0402. The maximum atomic E-state index is 12.3. The summed E-state index contributed by atoms with van der Waals surface area (Å²) in [6.07, 6.45) is 2.54. The fourth-order valence-electron chi connectivity index (χ4n) is 3.14. The Morgan fingerprint density at radius 3 is 2.31 bits per heavy atom. The molecule has 0 aliphatic carbocycles. The number of allylic oxidation sites excluding steroid dienone is 1. The second-order valence-electron chi connectivity index (χ2n) is 6.54. The Hall–Kier alpha value is -3.06. The molecular weight excluding hydrogens is 382 g/mol. The molecule has 6 nitrogen and oxygen atoms in total. The Kier molecular flexibility index (Phi) is 7.47. The molecule has 1 heterocycles. The van der Waals surface area contributed by atoms with Crippen molar-refractivity contribution in [3.8, 4) is 0 Å². The maximum absolute atomic E-state index is 12.3. The van der Waals surface area contributed by atoms with Gasteiger partial charge in [-0.1, -0.05) is 78.5 Å². The number of aromatic nitrogens is 3. The molecule has 1 amide bonds. The highest BCUT2D eigenvalue weighted by Gasteiger charge is 2.15. The highest BCUT2D eigenvalue weighted by atomic mass is 32.2. The summed E-state index contributed by atoms with van der Waals surface area (Å²) in [5.41, 5.74) is 8.28. The van der Waals surface area contributed by atoms with Crippen molar-refractivity contribution >= 4 is 23.6 Å². The number of carbonyl (C=O) groups excluding carboxylic acids is 1. The van der Waals surface area contributed by atoms with Gasteiger partial charge in [-0.3, -0.25) is 9.36 Å². The van der Waals surface area contributed by atoms with Gasteiger partial charge in [0, 0.05) is 19.0 Å². The van der Waals surface area contributed by atoms with Crippen LogP contribution in [0.2, 0.25) is 0 Å². The van der Waals surface area contributed by atoms with Crippen LogP contribution >= 0.6 is 11.8 Å². The van der Waals surface area contributed by atoms with E-state index in [1.165, 1.54) is 22.9 Å². The lowest BCUT2D eigenvalue weighted by atomic mass is 9.88. The van der Waals surface area contributed by atoms with Crippen LogP contribution in [0.5, 0.6) is 0 Å². The average molecular weight is 408 g/mol. The number of thioether (sulfide) groups is 1. The van der Waals surface area contributed by atoms with Crippen LogP contribution in [0.1, 0.15) is 23.5 Å². The van der Waals surface area contributed by atoms with Crippen molar-refractivity contribution in [1.82, 2.24) is 20.1 Å². The number of benzene rings is 2. The average Bonchev–Trinajstić information content (AvgIpc) is 3.11. The van der Waals surface area contributed by atoms with Crippen molar-refractivity contribution in [2.75, 3.05) is 18.0 Å². The Morgan fingerprint density at radius 1 is 1.10 bits per heavy atom. The summed E-state index contributed by atoms with van der Waals surface area (Å²) in [6, 6.07) is 20.7. The van der Waals surface area contributed by atoms with Crippen molar-refractivity contribution in [2.24, 2.45) is 0 Å². The van der Waals surface area contributed by atoms with Gasteiger partial charge in [-0.25, -0.2) is 0 Å². The van der Waals surface area contributed by atoms with E-state index in [1.807, 2.05) is 36.4 Å². The first-order valence-electron chi connectivity index (χ1n) is 9.48. The summed E-state index contributed by atoms with van der Waals surface area (Å²) in [5.74, 6) is 0.778. The van der Waals surface area contributed by atoms with Gasteiger partial charge < -0.3 is 11.1 Å². The van der Waals surface area contributed by atoms with Gasteiger partial charge in [0.2, 0.25) is 11.9 Å². The Balaban J connectivity index is 1.54. The number of carbonyl (C=O) groups is 1. The molecule has 0 atom stereocenters. The molecule has 0 bridgehead atoms. The van der Waals surface area contributed by atoms with E-state index in [2.05, 4.69) is 46.4 Å². The van der Waals surface area contributed by atoms with Gasteiger partial charge >= 0.3 is 0 Å². The van der Waals surface area contributed by atoms with Crippen LogP contribution in [0.3, 0.4) is 0 Å². The first-order valence-corrected chi connectivity index (χ1v) is 10.5. The van der Waals surface area contributed by atoms with Crippen LogP contribution in [-0.2, 0) is 11.3 Å². The SMILES string of the molecule is C=CCn1c(N)nnc1SCC(=O)NCCC(c1ccccc1)c1ccccc1. The second-order valence-corrected chi connectivity index (χ2v) is 7.48. The minimum Gasteiger partial charge on any atom is -0.368 e. The highest BCUT2D eigenvalue weighted by molar-refractivity contribution is 7.99. The fraction of sp³-hybridized carbons (Fsp3) is 0.227. The molecule has 150 valence electrons. The van der Waals surface area contributed by atoms with E-state index in [0.717, 1.165) is 6.42 Å². The van der Waals surface area contributed by atoms with Crippen molar-refractivity contribution in [1.29, 1.82) is 0 Å². The van der Waals surface area contributed by atoms with Gasteiger partial charge in [0.1, 0.15) is 0 Å². The van der Waals surface area contributed by atoms with Gasteiger partial charge in [-0.15, -0.1) is 16.8 Å². The summed E-state index contributed by atoms with van der Waals surface area (Å²) in [5, 5.41) is 11.5. The number of rotatable bonds is 10. The van der Waals surface area contributed by atoms with Crippen LogP contribution in [0.15, 0.2) is 78.5 Å². The molecule has 0 aliphatic rings. The third kappa shape index (κ3) is 5.71. The molecular formula is C22H25N5OS. The molecule has 2 aromatic carbocycles. The third-order valence-electron chi connectivity index (χ3n) is 4.55. The van der Waals surface area contributed by atoms with Gasteiger partial charge in [0.25, 0.3) is 0 Å². The van der Waals surface area contributed by atoms with E-state index in [9.17, 15) is 4.79 Å². The number of amides is 1. The molecule has 3 rings (SSSR count). The predicted octanol–water partition coefficient (Wildman–Crippen LogP) is 3.48. The number of hydrogen-bond donors (Lipinski definition) is 2. The molecule has 3 aromatic rings. The van der Waals surface area contributed by atoms with Crippen molar-refractivity contribution in [3.63, 3.8) is 0 Å². The van der Waals surface area contributed by atoms with E-state index in [0.29, 0.717) is 24.2 Å². The maximum Gasteiger partial charge on any atom is 0.230 e. The number of hydrogen-bond acceptors (Lipinski definition) is 5. The Bertz CT molecular complexity index is 887. The molecule has 0 spiro atoms. The lowest BCUT2D eigenvalue weighted by molar-refractivity contribution is -0.118. The van der Waals surface area contributed by atoms with E-state index >= 15 is 0 Å². The Morgan fingerprint density at radius 2 is 1.72 bits per heavy atom. The largest absolute Gasteiger partial charge is 0.368 e. The molecule has 3 N–H and O–H groups in total. The van der Waals surface area contributed by atoms with Crippen molar-refractivity contribution < 1.29 is 4.79 Å². The topological polar surface area (TPSA) is 85.8 Å². The molecule has 0 fully saturated rings. The van der Waals surface area contributed by atoms with E-state index in [1.54, 1.807) is 10.6 Å². The molecule has 0 radical (unpaired) electrons. The first-order chi connectivity index (χ1) is 14.2. The fourth-order valence-corrected chi connectivity index (χ4v) is 3.93. The van der Waals surface area contributed by atoms with Crippen LogP contribution < -0.4 is 11.1 Å². The van der Waals surface area contributed by atoms with E-state index in [4.69, 9.17) is 5.73 Å². The highest BCUT2D eigenvalue weighted by Crippen LogP contribution is 2.27. The standard InChI is InChI=1S/C22H25N5OS/c1-2-15-27-21(23)25-26-22(27)29-16-20(28)24-14-13-19(17-9-5-3-6-10-17)18-11-7-4-8-12-18/h2-12,19H,1,13-16H2,(H2,23,25)(H,24,28). The van der Waals surface area contributed by atoms with Crippen LogP contribution in [0.25, 0.3) is 0 Å². The Labute approximate surface area is 175 Å². The smallest absolute Gasteiger partial charge is 0.230 e. The van der Waals surface area contributed by atoms with Crippen LogP contribution in [0.4, 0.5) is 5.95 Å². The zero-order chi connectivity index (χ0) is 20.5. The van der Waals surface area contributed by atoms with Crippen molar-refractivity contribution in [3.05, 3.63) is 84.4 Å². The molecule has 0 unspecified atom stereocenters. The second kappa shape index (κ2) is 10.5. The van der Waals surface area contributed by atoms with Crippen molar-refractivity contribution in [2.45, 2.75) is 24.0 Å². The lowest BCUT2D eigenvalue weighted by Crippen LogP contribution is -2.27. The third-order valence-corrected chi connectivity index (χ3v) is 5.52. The van der Waals surface area contributed by atoms with E-state index < -0.39 is 0 Å². The van der Waals surface area contributed by atoms with Gasteiger partial charge in [-0.05, 0) is 17.5 Å². The minimum absolute atomic E-state index is 0.0402. The zero-order valence-corrected chi connectivity index (χ0v) is 17.0. The van der Waals surface area contributed by atoms with Gasteiger partial charge in [-0.2, -0.15) is 0 Å². The summed E-state index contributed by atoms with van der Waals surface area (Å²) in [6.45, 7) is 4.80. The van der Waals surface area contributed by atoms with Gasteiger partial charge in [0.05, 0.1) is 5.75 Å². The first kappa shape index (κ1) is 20.7. The van der Waals surface area contributed by atoms with Crippen LogP contribution in [-0.4, -0.2) is 33.0 Å². The number of nitrogens with zero attached hydrogens (tertiary/aromatic N) is 3. The molecule has 7 heteroatoms. The quantitative estimate of drug-likeness (QED) is 0.397. The summed E-state index contributed by atoms with van der Waals surface area (Å²) in [7, 11) is 0. The van der Waals surface area contributed by atoms with Gasteiger partial charge in [0.15, 0.2) is 5.16 Å². The predicted molar refractivity (Wildman–Crippen MR) is 118 cm³/mol. The summed E-state index contributed by atoms with van der Waals surface area (Å²) >= 11 is 1.32. The summed E-state index contributed by atoms with van der Waals surface area (Å²) < 4.78 is 1.73. The molecule has 1 aromatic heterocycles. The zero-order valence-electron chi connectivity index (χ0n) is 16.2. The number of nitrogens with two attached hydrogens (primary N) is 1. The normalized spacial score (nSPS) is 10.8. The monoisotopic (exact) mass is 407 g/mol.